The van der Waals surface area contributed by atoms with Crippen LogP contribution < -0.4 is 4.74 Å². The molecule has 1 aliphatic carbocycles. The van der Waals surface area contributed by atoms with Gasteiger partial charge in [-0.15, -0.1) is 0 Å². The van der Waals surface area contributed by atoms with Gasteiger partial charge in [0.15, 0.2) is 5.84 Å². The van der Waals surface area contributed by atoms with Crippen LogP contribution in [0.4, 0.5) is 0 Å². The Morgan fingerprint density at radius 2 is 2.00 bits per heavy atom. The van der Waals surface area contributed by atoms with Gasteiger partial charge >= 0.3 is 5.97 Å². The first kappa shape index (κ1) is 22.3. The lowest BCUT2D eigenvalue weighted by Gasteiger charge is -2.20. The summed E-state index contributed by atoms with van der Waals surface area (Å²) in [7, 11) is 0. The van der Waals surface area contributed by atoms with Crippen molar-refractivity contribution in [1.82, 2.24) is 5.01 Å². The van der Waals surface area contributed by atoms with E-state index in [1.165, 1.54) is 61.2 Å². The van der Waals surface area contributed by atoms with Gasteiger partial charge in [0, 0.05) is 0 Å². The van der Waals surface area contributed by atoms with Gasteiger partial charge in [-0.3, -0.25) is 10.2 Å². The van der Waals surface area contributed by atoms with Crippen molar-refractivity contribution >= 4 is 45.8 Å². The SMILES string of the molecule is N=C1/C(=C/c2ccc(OC(=O)c3ccco3)cc2)C(=O)N=C2SC(CCC3CCCCC3)=NN12. The van der Waals surface area contributed by atoms with Crippen molar-refractivity contribution in [3.63, 3.8) is 0 Å². The summed E-state index contributed by atoms with van der Waals surface area (Å²) in [5, 5.41) is 15.9. The highest BCUT2D eigenvalue weighted by atomic mass is 32.2. The second kappa shape index (κ2) is 9.80. The normalized spacial score (nSPS) is 19.8. The third-order valence-corrected chi connectivity index (χ3v) is 7.08. The van der Waals surface area contributed by atoms with Crippen molar-refractivity contribution in [3.05, 3.63) is 59.6 Å². The average Bonchev–Trinajstić information content (AvgIpc) is 3.53. The molecule has 2 aliphatic heterocycles. The Bertz CT molecular complexity index is 1190. The zero-order valence-corrected chi connectivity index (χ0v) is 19.3. The van der Waals surface area contributed by atoms with Gasteiger partial charge in [-0.2, -0.15) is 15.1 Å². The maximum Gasteiger partial charge on any atom is 0.379 e. The topological polar surface area (TPSA) is 108 Å². The number of carbonyl (C=O) groups excluding carboxylic acids is 2. The van der Waals surface area contributed by atoms with E-state index in [2.05, 4.69) is 10.1 Å². The number of aliphatic imine (C=N–C) groups is 1. The number of hydrazone groups is 1. The summed E-state index contributed by atoms with van der Waals surface area (Å²) in [5.74, 6) is 0.171. The Hall–Kier alpha value is -3.46. The molecule has 174 valence electrons. The van der Waals surface area contributed by atoms with Crippen molar-refractivity contribution in [2.75, 3.05) is 0 Å². The molecule has 1 aromatic heterocycles. The molecule has 8 nitrogen and oxygen atoms in total. The number of esters is 1. The number of carbonyl (C=O) groups is 2. The number of nitrogens with zero attached hydrogens (tertiary/aromatic N) is 3. The van der Waals surface area contributed by atoms with Gasteiger partial charge in [0.05, 0.1) is 11.8 Å². The largest absolute Gasteiger partial charge is 0.457 e. The highest BCUT2D eigenvalue weighted by Gasteiger charge is 2.35. The minimum atomic E-state index is -0.592. The zero-order valence-electron chi connectivity index (χ0n) is 18.5. The summed E-state index contributed by atoms with van der Waals surface area (Å²) >= 11 is 1.39. The quantitative estimate of drug-likeness (QED) is 0.336. The van der Waals surface area contributed by atoms with E-state index in [9.17, 15) is 9.59 Å². The van der Waals surface area contributed by atoms with Crippen molar-refractivity contribution in [2.24, 2.45) is 16.0 Å². The number of fused-ring (bicyclic) bond motifs is 1. The molecule has 1 N–H and O–H groups in total. The van der Waals surface area contributed by atoms with Gasteiger partial charge in [-0.1, -0.05) is 44.2 Å². The molecule has 2 aromatic rings. The van der Waals surface area contributed by atoms with Crippen LogP contribution in [-0.2, 0) is 4.79 Å². The van der Waals surface area contributed by atoms with Crippen LogP contribution in [0.2, 0.25) is 0 Å². The molecule has 1 fully saturated rings. The van der Waals surface area contributed by atoms with Crippen molar-refractivity contribution in [3.8, 4) is 5.75 Å². The minimum Gasteiger partial charge on any atom is -0.457 e. The number of rotatable bonds is 6. The number of hydrogen-bond acceptors (Lipinski definition) is 7. The average molecular weight is 477 g/mol. The van der Waals surface area contributed by atoms with Crippen molar-refractivity contribution in [2.45, 2.75) is 44.9 Å². The summed E-state index contributed by atoms with van der Waals surface area (Å²) < 4.78 is 10.3. The molecule has 0 bridgehead atoms. The molecule has 0 radical (unpaired) electrons. The molecular weight excluding hydrogens is 452 g/mol. The number of amidine groups is 2. The number of hydrogen-bond donors (Lipinski definition) is 1. The lowest BCUT2D eigenvalue weighted by Crippen LogP contribution is -2.35. The third kappa shape index (κ3) is 4.89. The molecule has 3 aliphatic rings. The predicted octanol–water partition coefficient (Wildman–Crippen LogP) is 5.48. The number of furan rings is 1. The zero-order chi connectivity index (χ0) is 23.5. The lowest BCUT2D eigenvalue weighted by molar-refractivity contribution is -0.114. The molecule has 9 heteroatoms. The summed E-state index contributed by atoms with van der Waals surface area (Å²) in [6.07, 6.45) is 11.5. The summed E-state index contributed by atoms with van der Waals surface area (Å²) in [6, 6.07) is 9.78. The van der Waals surface area contributed by atoms with E-state index >= 15 is 0 Å². The van der Waals surface area contributed by atoms with Crippen LogP contribution in [0, 0.1) is 11.3 Å². The van der Waals surface area contributed by atoms with Crippen LogP contribution >= 0.6 is 11.8 Å². The van der Waals surface area contributed by atoms with Gasteiger partial charge in [-0.05, 0) is 66.4 Å². The van der Waals surface area contributed by atoms with E-state index in [0.29, 0.717) is 16.5 Å². The second-order valence-corrected chi connectivity index (χ2v) is 9.53. The van der Waals surface area contributed by atoms with Crippen LogP contribution in [0.1, 0.15) is 61.1 Å². The van der Waals surface area contributed by atoms with Gasteiger partial charge in [-0.25, -0.2) is 4.79 Å². The molecule has 1 saturated carbocycles. The smallest absolute Gasteiger partial charge is 0.379 e. The fraction of sp³-hybridized carbons (Fsp3) is 0.320. The van der Waals surface area contributed by atoms with E-state index < -0.39 is 11.9 Å². The van der Waals surface area contributed by atoms with Gasteiger partial charge in [0.1, 0.15) is 10.8 Å². The van der Waals surface area contributed by atoms with Crippen LogP contribution in [0.15, 0.2) is 62.7 Å². The highest BCUT2D eigenvalue weighted by molar-refractivity contribution is 8.26. The fourth-order valence-electron chi connectivity index (χ4n) is 4.29. The van der Waals surface area contributed by atoms with Crippen LogP contribution in [-0.4, -0.2) is 32.9 Å². The van der Waals surface area contributed by atoms with E-state index in [0.717, 1.165) is 23.8 Å². The Kier molecular flexibility index (Phi) is 6.44. The number of ether oxygens (including phenoxy) is 1. The number of amides is 1. The maximum atomic E-state index is 12.6. The number of benzene rings is 1. The van der Waals surface area contributed by atoms with Crippen LogP contribution in [0.3, 0.4) is 0 Å². The molecule has 3 heterocycles. The Morgan fingerprint density at radius 1 is 1.21 bits per heavy atom. The molecule has 0 saturated heterocycles. The van der Waals surface area contributed by atoms with Crippen molar-refractivity contribution in [1.29, 1.82) is 5.41 Å². The Labute approximate surface area is 201 Å². The highest BCUT2D eigenvalue weighted by Crippen LogP contribution is 2.33. The Balaban J connectivity index is 1.25. The third-order valence-electron chi connectivity index (χ3n) is 6.11. The summed E-state index contributed by atoms with van der Waals surface area (Å²) in [5.41, 5.74) is 0.847. The first-order valence-electron chi connectivity index (χ1n) is 11.4. The maximum absolute atomic E-state index is 12.6. The standard InChI is InChI=1S/C25H24N4O4S/c26-22-19(15-17-8-11-18(12-9-17)33-24(31)20-7-4-14-32-20)23(30)27-25-29(22)28-21(34-25)13-10-16-5-2-1-3-6-16/h4,7-9,11-12,14-16,26H,1-3,5-6,10,13H2/b19-15-,26-22?. The van der Waals surface area contributed by atoms with Gasteiger partial charge in [0.25, 0.3) is 5.91 Å². The minimum absolute atomic E-state index is 0.0171. The van der Waals surface area contributed by atoms with Gasteiger partial charge < -0.3 is 9.15 Å². The van der Waals surface area contributed by atoms with Crippen LogP contribution in [0.5, 0.6) is 5.75 Å². The van der Waals surface area contributed by atoms with E-state index in [-0.39, 0.29) is 17.2 Å². The fourth-order valence-corrected chi connectivity index (χ4v) is 5.19. The number of nitrogens with one attached hydrogen (secondary N) is 1. The summed E-state index contributed by atoms with van der Waals surface area (Å²) in [4.78, 5) is 28.8. The molecule has 1 aromatic carbocycles. The molecule has 5 rings (SSSR count). The molecule has 34 heavy (non-hydrogen) atoms. The number of thioether (sulfide) groups is 1. The van der Waals surface area contributed by atoms with E-state index in [1.54, 1.807) is 36.4 Å². The molecule has 0 atom stereocenters. The monoisotopic (exact) mass is 476 g/mol. The van der Waals surface area contributed by atoms with Crippen LogP contribution in [0.25, 0.3) is 6.08 Å². The lowest BCUT2D eigenvalue weighted by atomic mass is 9.86. The molecule has 0 unspecified atom stereocenters. The Morgan fingerprint density at radius 3 is 2.74 bits per heavy atom. The first-order chi connectivity index (χ1) is 16.6. The first-order valence-corrected chi connectivity index (χ1v) is 12.2. The predicted molar refractivity (Wildman–Crippen MR) is 131 cm³/mol. The van der Waals surface area contributed by atoms with E-state index in [1.807, 2.05) is 0 Å². The molecule has 0 spiro atoms. The summed E-state index contributed by atoms with van der Waals surface area (Å²) in [6.45, 7) is 0. The second-order valence-electron chi connectivity index (χ2n) is 8.49. The molecular formula is C25H24N4O4S. The van der Waals surface area contributed by atoms with E-state index in [4.69, 9.17) is 14.6 Å². The molecule has 1 amide bonds. The van der Waals surface area contributed by atoms with Crippen molar-refractivity contribution < 1.29 is 18.7 Å². The van der Waals surface area contributed by atoms with Gasteiger partial charge in [0.2, 0.25) is 10.9 Å².